The highest BCUT2D eigenvalue weighted by Gasteiger charge is 2.11. The Hall–Kier alpha value is -1.84. The number of para-hydroxylation sites is 1. The number of ketones is 1. The van der Waals surface area contributed by atoms with E-state index in [2.05, 4.69) is 5.10 Å². The fourth-order valence-corrected chi connectivity index (χ4v) is 1.35. The van der Waals surface area contributed by atoms with Crippen molar-refractivity contribution in [1.82, 2.24) is 9.89 Å². The first-order valence-corrected chi connectivity index (χ1v) is 3.94. The SMILES string of the molecule is CC(=O)c1nn(N)c2ccccc12. The van der Waals surface area contributed by atoms with E-state index in [-0.39, 0.29) is 5.78 Å². The molecule has 1 heterocycles. The third-order valence-corrected chi connectivity index (χ3v) is 1.95. The van der Waals surface area contributed by atoms with Crippen LogP contribution in [-0.4, -0.2) is 15.7 Å². The maximum atomic E-state index is 11.1. The molecule has 4 heteroatoms. The van der Waals surface area contributed by atoms with Gasteiger partial charge in [-0.3, -0.25) is 4.79 Å². The predicted molar refractivity (Wildman–Crippen MR) is 49.9 cm³/mol. The van der Waals surface area contributed by atoms with E-state index in [1.165, 1.54) is 11.7 Å². The lowest BCUT2D eigenvalue weighted by Gasteiger charge is -1.90. The van der Waals surface area contributed by atoms with Gasteiger partial charge < -0.3 is 5.84 Å². The van der Waals surface area contributed by atoms with Gasteiger partial charge in [-0.15, -0.1) is 5.10 Å². The molecule has 0 atom stereocenters. The monoisotopic (exact) mass is 175 g/mol. The lowest BCUT2D eigenvalue weighted by Crippen LogP contribution is -2.10. The van der Waals surface area contributed by atoms with Gasteiger partial charge in [0.05, 0.1) is 5.52 Å². The van der Waals surface area contributed by atoms with E-state index < -0.39 is 0 Å². The van der Waals surface area contributed by atoms with Gasteiger partial charge in [-0.25, -0.2) is 0 Å². The molecule has 1 aromatic carbocycles. The lowest BCUT2D eigenvalue weighted by molar-refractivity contribution is 0.101. The molecule has 0 radical (unpaired) electrons. The topological polar surface area (TPSA) is 60.9 Å². The standard InChI is InChI=1S/C9H9N3O/c1-6(13)9-7-4-2-3-5-8(7)12(10)11-9/h2-5H,10H2,1H3. The Labute approximate surface area is 74.9 Å². The Morgan fingerprint density at radius 1 is 1.46 bits per heavy atom. The minimum absolute atomic E-state index is 0.0691. The molecule has 0 spiro atoms. The number of carbonyl (C=O) groups excluding carboxylic acids is 1. The largest absolute Gasteiger partial charge is 0.323 e. The van der Waals surface area contributed by atoms with E-state index in [4.69, 9.17) is 5.84 Å². The van der Waals surface area contributed by atoms with Crippen molar-refractivity contribution in [2.24, 2.45) is 0 Å². The van der Waals surface area contributed by atoms with Gasteiger partial charge in [-0.05, 0) is 6.07 Å². The van der Waals surface area contributed by atoms with Crippen LogP contribution in [0.1, 0.15) is 17.4 Å². The number of nitrogens with zero attached hydrogens (tertiary/aromatic N) is 2. The highest BCUT2D eigenvalue weighted by molar-refractivity contribution is 6.04. The van der Waals surface area contributed by atoms with Gasteiger partial charge in [0.25, 0.3) is 0 Å². The summed E-state index contributed by atoms with van der Waals surface area (Å²) in [7, 11) is 0. The normalized spacial score (nSPS) is 10.5. The van der Waals surface area contributed by atoms with Gasteiger partial charge in [-0.2, -0.15) is 4.79 Å². The van der Waals surface area contributed by atoms with Crippen molar-refractivity contribution in [3.8, 4) is 0 Å². The van der Waals surface area contributed by atoms with E-state index in [1.807, 2.05) is 24.3 Å². The molecule has 66 valence electrons. The summed E-state index contributed by atoms with van der Waals surface area (Å²) >= 11 is 0. The van der Waals surface area contributed by atoms with E-state index in [1.54, 1.807) is 0 Å². The molecule has 0 bridgehead atoms. The summed E-state index contributed by atoms with van der Waals surface area (Å²) in [5, 5.41) is 4.74. The van der Waals surface area contributed by atoms with Crippen LogP contribution in [0.4, 0.5) is 0 Å². The van der Waals surface area contributed by atoms with Gasteiger partial charge in [0.1, 0.15) is 5.69 Å². The third kappa shape index (κ3) is 1.07. The number of fused-ring (bicyclic) bond motifs is 1. The number of rotatable bonds is 1. The minimum Gasteiger partial charge on any atom is -0.323 e. The predicted octanol–water partition coefficient (Wildman–Crippen LogP) is 0.953. The van der Waals surface area contributed by atoms with Crippen molar-refractivity contribution in [2.75, 3.05) is 5.84 Å². The van der Waals surface area contributed by atoms with Crippen molar-refractivity contribution in [2.45, 2.75) is 6.92 Å². The zero-order valence-electron chi connectivity index (χ0n) is 7.19. The van der Waals surface area contributed by atoms with Crippen LogP contribution >= 0.6 is 0 Å². The average molecular weight is 175 g/mol. The molecule has 0 aliphatic heterocycles. The fraction of sp³-hybridized carbons (Fsp3) is 0.111. The van der Waals surface area contributed by atoms with Crippen molar-refractivity contribution < 1.29 is 4.79 Å². The molecular formula is C9H9N3O. The molecule has 0 aliphatic rings. The second kappa shape index (κ2) is 2.58. The zero-order chi connectivity index (χ0) is 9.42. The number of carbonyl (C=O) groups is 1. The molecular weight excluding hydrogens is 166 g/mol. The van der Waals surface area contributed by atoms with Gasteiger partial charge in [0, 0.05) is 12.3 Å². The smallest absolute Gasteiger partial charge is 0.180 e. The number of hydrogen-bond donors (Lipinski definition) is 1. The number of hydrogen-bond acceptors (Lipinski definition) is 3. The van der Waals surface area contributed by atoms with Gasteiger partial charge in [0.15, 0.2) is 5.78 Å². The van der Waals surface area contributed by atoms with Crippen LogP contribution in [0.25, 0.3) is 10.9 Å². The van der Waals surface area contributed by atoms with E-state index in [0.29, 0.717) is 5.69 Å². The summed E-state index contributed by atoms with van der Waals surface area (Å²) in [6.07, 6.45) is 0. The summed E-state index contributed by atoms with van der Waals surface area (Å²) in [4.78, 5) is 12.4. The van der Waals surface area contributed by atoms with Crippen molar-refractivity contribution in [1.29, 1.82) is 0 Å². The Morgan fingerprint density at radius 2 is 2.15 bits per heavy atom. The molecule has 0 fully saturated rings. The van der Waals surface area contributed by atoms with Crippen LogP contribution in [0.15, 0.2) is 24.3 Å². The van der Waals surface area contributed by atoms with Gasteiger partial charge in [-0.1, -0.05) is 18.2 Å². The lowest BCUT2D eigenvalue weighted by atomic mass is 10.2. The molecule has 13 heavy (non-hydrogen) atoms. The second-order valence-electron chi connectivity index (χ2n) is 2.87. The number of Topliss-reactive ketones (excluding diaryl/α,β-unsaturated/α-hetero) is 1. The quantitative estimate of drug-likeness (QED) is 0.518. The van der Waals surface area contributed by atoms with Crippen LogP contribution in [-0.2, 0) is 0 Å². The first-order valence-electron chi connectivity index (χ1n) is 3.94. The zero-order valence-corrected chi connectivity index (χ0v) is 7.19. The maximum Gasteiger partial charge on any atom is 0.180 e. The molecule has 2 N–H and O–H groups in total. The summed E-state index contributed by atoms with van der Waals surface area (Å²) in [5.74, 6) is 5.50. The highest BCUT2D eigenvalue weighted by Crippen LogP contribution is 2.16. The average Bonchev–Trinajstić information content (AvgIpc) is 2.45. The molecule has 4 nitrogen and oxygen atoms in total. The number of nitrogens with two attached hydrogens (primary N) is 1. The molecule has 0 saturated carbocycles. The molecule has 1 aromatic heterocycles. The molecule has 2 rings (SSSR count). The Morgan fingerprint density at radius 3 is 2.85 bits per heavy atom. The first-order chi connectivity index (χ1) is 6.20. The molecule has 2 aromatic rings. The van der Waals surface area contributed by atoms with Crippen LogP contribution in [0.3, 0.4) is 0 Å². The Bertz CT molecular complexity index is 473. The van der Waals surface area contributed by atoms with E-state index in [0.717, 1.165) is 10.9 Å². The second-order valence-corrected chi connectivity index (χ2v) is 2.87. The summed E-state index contributed by atoms with van der Waals surface area (Å²) in [6.45, 7) is 1.48. The first kappa shape index (κ1) is 7.79. The number of nitrogen functional groups attached to an aromatic ring is 1. The summed E-state index contributed by atoms with van der Waals surface area (Å²) in [5.41, 5.74) is 1.20. The van der Waals surface area contributed by atoms with Crippen LogP contribution in [0.2, 0.25) is 0 Å². The molecule has 0 aliphatic carbocycles. The molecule has 0 saturated heterocycles. The van der Waals surface area contributed by atoms with Gasteiger partial charge >= 0.3 is 0 Å². The van der Waals surface area contributed by atoms with E-state index >= 15 is 0 Å². The fourth-order valence-electron chi connectivity index (χ4n) is 1.35. The third-order valence-electron chi connectivity index (χ3n) is 1.95. The minimum atomic E-state index is -0.0691. The molecule has 0 amide bonds. The van der Waals surface area contributed by atoms with Crippen LogP contribution in [0.5, 0.6) is 0 Å². The summed E-state index contributed by atoms with van der Waals surface area (Å²) < 4.78 is 0. The number of benzene rings is 1. The van der Waals surface area contributed by atoms with Crippen molar-refractivity contribution >= 4 is 16.7 Å². The van der Waals surface area contributed by atoms with Crippen molar-refractivity contribution in [3.05, 3.63) is 30.0 Å². The van der Waals surface area contributed by atoms with Crippen LogP contribution < -0.4 is 5.84 Å². The highest BCUT2D eigenvalue weighted by atomic mass is 16.1. The number of aromatic nitrogens is 2. The van der Waals surface area contributed by atoms with Crippen molar-refractivity contribution in [3.63, 3.8) is 0 Å². The van der Waals surface area contributed by atoms with E-state index in [9.17, 15) is 4.79 Å². The molecule has 0 unspecified atom stereocenters. The Kier molecular flexibility index (Phi) is 1.55. The van der Waals surface area contributed by atoms with Crippen LogP contribution in [0, 0.1) is 0 Å². The maximum absolute atomic E-state index is 11.1. The van der Waals surface area contributed by atoms with Gasteiger partial charge in [0.2, 0.25) is 0 Å². The summed E-state index contributed by atoms with van der Waals surface area (Å²) in [6, 6.07) is 7.38. The Balaban J connectivity index is 2.85.